The highest BCUT2D eigenvalue weighted by Crippen LogP contribution is 2.02. The van der Waals surface area contributed by atoms with Crippen LogP contribution >= 0.6 is 0 Å². The first-order valence-electron chi connectivity index (χ1n) is 3.86. The van der Waals surface area contributed by atoms with Gasteiger partial charge in [-0.3, -0.25) is 4.79 Å². The Bertz CT molecular complexity index is 174. The van der Waals surface area contributed by atoms with Crippen LogP contribution in [0.3, 0.4) is 0 Å². The molecule has 0 bridgehead atoms. The molecule has 0 aliphatic carbocycles. The van der Waals surface area contributed by atoms with Gasteiger partial charge in [0.15, 0.2) is 0 Å². The molecule has 0 aromatic carbocycles. The summed E-state index contributed by atoms with van der Waals surface area (Å²) in [4.78, 5) is 19.0. The lowest BCUT2D eigenvalue weighted by Gasteiger charge is -2.10. The summed E-state index contributed by atoms with van der Waals surface area (Å²) in [6.07, 6.45) is 1.44. The molecule has 0 saturated heterocycles. The monoisotopic (exact) mass is 188 g/mol. The number of rotatable bonds is 3. The lowest BCUT2D eigenvalue weighted by molar-refractivity contribution is -0.142. The number of hydrogen-bond acceptors (Lipinski definition) is 5. The van der Waals surface area contributed by atoms with Gasteiger partial charge in [-0.25, -0.2) is 10.2 Å². The maximum atomic E-state index is 10.7. The van der Waals surface area contributed by atoms with Gasteiger partial charge in [0.25, 0.3) is 0 Å². The summed E-state index contributed by atoms with van der Waals surface area (Å²) in [6.45, 7) is 4.03. The van der Waals surface area contributed by atoms with Crippen LogP contribution in [0.2, 0.25) is 0 Å². The van der Waals surface area contributed by atoms with Crippen molar-refractivity contribution in [3.8, 4) is 0 Å². The zero-order valence-electron chi connectivity index (χ0n) is 8.16. The average molecular weight is 188 g/mol. The van der Waals surface area contributed by atoms with Crippen molar-refractivity contribution in [2.24, 2.45) is 11.7 Å². The maximum absolute atomic E-state index is 10.7. The van der Waals surface area contributed by atoms with E-state index in [1.807, 2.05) is 13.8 Å². The van der Waals surface area contributed by atoms with E-state index in [1.165, 1.54) is 7.11 Å². The molecule has 0 unspecified atom stereocenters. The predicted molar refractivity (Wildman–Crippen MR) is 47.9 cm³/mol. The molecule has 0 heterocycles. The van der Waals surface area contributed by atoms with Crippen molar-refractivity contribution in [2.75, 3.05) is 7.11 Å². The van der Waals surface area contributed by atoms with Crippen LogP contribution in [0, 0.1) is 11.3 Å². The third-order valence-corrected chi connectivity index (χ3v) is 1.23. The summed E-state index contributed by atoms with van der Waals surface area (Å²) < 4.78 is 4.45. The second kappa shape index (κ2) is 8.90. The summed E-state index contributed by atoms with van der Waals surface area (Å²) in [5.41, 5.74) is 5.45. The van der Waals surface area contributed by atoms with E-state index < -0.39 is 6.04 Å². The van der Waals surface area contributed by atoms with Gasteiger partial charge in [-0.15, -0.1) is 0 Å². The van der Waals surface area contributed by atoms with Crippen molar-refractivity contribution in [2.45, 2.75) is 26.3 Å². The van der Waals surface area contributed by atoms with Gasteiger partial charge in [-0.2, -0.15) is 0 Å². The Labute approximate surface area is 77.8 Å². The topological polar surface area (TPSA) is 93.2 Å². The summed E-state index contributed by atoms with van der Waals surface area (Å²) in [5.74, 6) is 0.114. The number of carbonyl (C=O) groups is 1. The molecule has 3 N–H and O–H groups in total. The molecule has 0 aliphatic heterocycles. The molecule has 0 radical (unpaired) electrons. The van der Waals surface area contributed by atoms with Crippen molar-refractivity contribution < 1.29 is 14.3 Å². The van der Waals surface area contributed by atoms with Crippen LogP contribution in [0.5, 0.6) is 0 Å². The van der Waals surface area contributed by atoms with Crippen LogP contribution in [-0.2, 0) is 14.3 Å². The lowest BCUT2D eigenvalue weighted by atomic mass is 10.1. The molecular formula is C8H16N2O3. The zero-order valence-corrected chi connectivity index (χ0v) is 8.16. The maximum Gasteiger partial charge on any atom is 0.322 e. The standard InChI is InChI=1S/C7H15NO2.CHNO/c1-5(2)4-6(8)7(9)10-3;2-1-3/h5-6H,4,8H2,1-3H3;2H/t6-;/m1./s1. The third kappa shape index (κ3) is 10.8. The molecule has 13 heavy (non-hydrogen) atoms. The summed E-state index contributed by atoms with van der Waals surface area (Å²) in [7, 11) is 1.35. The van der Waals surface area contributed by atoms with Crippen molar-refractivity contribution in [1.82, 2.24) is 0 Å². The van der Waals surface area contributed by atoms with Crippen molar-refractivity contribution >= 4 is 12.0 Å². The van der Waals surface area contributed by atoms with Crippen LogP contribution < -0.4 is 5.73 Å². The van der Waals surface area contributed by atoms with Crippen LogP contribution in [0.4, 0.5) is 0 Å². The fourth-order valence-corrected chi connectivity index (χ4v) is 0.755. The van der Waals surface area contributed by atoms with E-state index in [4.69, 9.17) is 15.9 Å². The Hall–Kier alpha value is -1.19. The van der Waals surface area contributed by atoms with Gasteiger partial charge in [-0.05, 0) is 12.3 Å². The molecule has 0 aliphatic rings. The minimum atomic E-state index is -0.454. The Morgan fingerprint density at radius 2 is 2.00 bits per heavy atom. The lowest BCUT2D eigenvalue weighted by Crippen LogP contribution is -2.32. The molecule has 5 heteroatoms. The zero-order chi connectivity index (χ0) is 10.9. The van der Waals surface area contributed by atoms with Gasteiger partial charge < -0.3 is 10.5 Å². The highest BCUT2D eigenvalue weighted by molar-refractivity contribution is 5.75. The van der Waals surface area contributed by atoms with Gasteiger partial charge in [0.05, 0.1) is 7.11 Å². The molecule has 0 spiro atoms. The minimum Gasteiger partial charge on any atom is -0.468 e. The third-order valence-electron chi connectivity index (χ3n) is 1.23. The molecule has 0 saturated carbocycles. The molecular weight excluding hydrogens is 172 g/mol. The molecule has 0 fully saturated rings. The van der Waals surface area contributed by atoms with E-state index in [9.17, 15) is 4.79 Å². The smallest absolute Gasteiger partial charge is 0.322 e. The number of nitrogens with two attached hydrogens (primary N) is 1. The number of ether oxygens (including phenoxy) is 1. The van der Waals surface area contributed by atoms with E-state index in [0.717, 1.165) is 6.08 Å². The average Bonchev–Trinajstić information content (AvgIpc) is 2.03. The van der Waals surface area contributed by atoms with Gasteiger partial charge in [0.2, 0.25) is 6.08 Å². The first kappa shape index (κ1) is 14.3. The number of isocyanates is 1. The van der Waals surface area contributed by atoms with E-state index in [2.05, 4.69) is 4.74 Å². The number of carbonyl (C=O) groups excluding carboxylic acids is 2. The van der Waals surface area contributed by atoms with Crippen molar-refractivity contribution in [3.63, 3.8) is 0 Å². The molecule has 0 aromatic heterocycles. The second-order valence-electron chi connectivity index (χ2n) is 2.86. The predicted octanol–water partition coefficient (Wildman–Crippen LogP) is 0.434. The Balaban J connectivity index is 0. The van der Waals surface area contributed by atoms with Gasteiger partial charge in [0.1, 0.15) is 6.04 Å². The summed E-state index contributed by atoms with van der Waals surface area (Å²) in [6, 6.07) is -0.454. The fraction of sp³-hybridized carbons (Fsp3) is 0.750. The second-order valence-corrected chi connectivity index (χ2v) is 2.86. The van der Waals surface area contributed by atoms with Crippen molar-refractivity contribution in [3.05, 3.63) is 0 Å². The fourth-order valence-electron chi connectivity index (χ4n) is 0.755. The summed E-state index contributed by atoms with van der Waals surface area (Å²) >= 11 is 0. The normalized spacial score (nSPS) is 10.8. The Morgan fingerprint density at radius 1 is 1.62 bits per heavy atom. The van der Waals surface area contributed by atoms with E-state index in [-0.39, 0.29) is 5.97 Å². The van der Waals surface area contributed by atoms with E-state index in [1.54, 1.807) is 0 Å². The molecule has 0 amide bonds. The molecule has 1 atom stereocenters. The van der Waals surface area contributed by atoms with E-state index in [0.29, 0.717) is 12.3 Å². The minimum absolute atomic E-state index is 0.325. The van der Waals surface area contributed by atoms with Crippen LogP contribution in [0.25, 0.3) is 0 Å². The quantitative estimate of drug-likeness (QED) is 0.381. The SMILES string of the molecule is COC(=O)[C@H](N)CC(C)C.N=C=O. The molecule has 0 rings (SSSR count). The number of esters is 1. The van der Waals surface area contributed by atoms with Gasteiger partial charge in [-0.1, -0.05) is 13.8 Å². The number of hydrogen-bond donors (Lipinski definition) is 2. The Morgan fingerprint density at radius 3 is 2.23 bits per heavy atom. The van der Waals surface area contributed by atoms with Gasteiger partial charge in [0, 0.05) is 0 Å². The number of nitrogens with one attached hydrogen (secondary N) is 1. The Kier molecular flexibility index (Phi) is 9.82. The molecule has 76 valence electrons. The van der Waals surface area contributed by atoms with E-state index >= 15 is 0 Å². The molecule has 5 nitrogen and oxygen atoms in total. The first-order valence-corrected chi connectivity index (χ1v) is 3.86. The van der Waals surface area contributed by atoms with Crippen molar-refractivity contribution in [1.29, 1.82) is 5.41 Å². The molecule has 0 aromatic rings. The number of methoxy groups -OCH3 is 1. The first-order chi connectivity index (χ1) is 5.99. The highest BCUT2D eigenvalue weighted by atomic mass is 16.5. The van der Waals surface area contributed by atoms with Crippen LogP contribution in [0.1, 0.15) is 20.3 Å². The van der Waals surface area contributed by atoms with Crippen LogP contribution in [-0.4, -0.2) is 25.2 Å². The van der Waals surface area contributed by atoms with Gasteiger partial charge >= 0.3 is 5.97 Å². The summed E-state index contributed by atoms with van der Waals surface area (Å²) in [5, 5.41) is 5.40. The largest absolute Gasteiger partial charge is 0.468 e. The highest BCUT2D eigenvalue weighted by Gasteiger charge is 2.14. The van der Waals surface area contributed by atoms with Crippen LogP contribution in [0.15, 0.2) is 0 Å².